The predicted molar refractivity (Wildman–Crippen MR) is 215 cm³/mol. The molecule has 4 heterocycles. The Hall–Kier alpha value is -6.07. The van der Waals surface area contributed by atoms with Crippen molar-refractivity contribution in [2.75, 3.05) is 0 Å². The molecule has 0 spiro atoms. The van der Waals surface area contributed by atoms with E-state index in [-0.39, 0.29) is 10.8 Å². The van der Waals surface area contributed by atoms with Gasteiger partial charge in [-0.15, -0.1) is 0 Å². The first kappa shape index (κ1) is 32.8. The Kier molecular flexibility index (Phi) is 7.42. The van der Waals surface area contributed by atoms with Crippen LogP contribution >= 0.6 is 0 Å². The monoisotopic (exact) mass is 690 g/mol. The normalized spacial score (nSPS) is 13.6. The summed E-state index contributed by atoms with van der Waals surface area (Å²) in [6.45, 7) is 13.6. The van der Waals surface area contributed by atoms with Gasteiger partial charge in [-0.05, 0) is 75.0 Å². The van der Waals surface area contributed by atoms with Gasteiger partial charge in [-0.3, -0.25) is 9.55 Å². The molecule has 0 saturated carbocycles. The SMILES string of the molecule is CC(C)(C)c1ccnc(-n2c3ccccc3c3cnc(Oc4ccc5c(c4)-c4nccc(C(C)(C)C)c4C5(c4ccccc4)c4ccccc4)cc32)c1. The van der Waals surface area contributed by atoms with Crippen LogP contribution < -0.4 is 4.74 Å². The molecule has 0 saturated heterocycles. The number of benzene rings is 4. The molecule has 9 rings (SSSR count). The van der Waals surface area contributed by atoms with Crippen LogP contribution in [0, 0.1) is 0 Å². The third-order valence-electron chi connectivity index (χ3n) is 10.8. The highest BCUT2D eigenvalue weighted by molar-refractivity contribution is 6.09. The van der Waals surface area contributed by atoms with Crippen LogP contribution in [0.3, 0.4) is 0 Å². The molecule has 1 aliphatic rings. The maximum Gasteiger partial charge on any atom is 0.221 e. The van der Waals surface area contributed by atoms with Crippen molar-refractivity contribution < 1.29 is 4.74 Å². The van der Waals surface area contributed by atoms with E-state index in [1.54, 1.807) is 0 Å². The minimum Gasteiger partial charge on any atom is -0.439 e. The minimum atomic E-state index is -0.560. The molecule has 0 bridgehead atoms. The molecule has 0 amide bonds. The van der Waals surface area contributed by atoms with E-state index in [0.29, 0.717) is 11.6 Å². The van der Waals surface area contributed by atoms with Gasteiger partial charge in [0.1, 0.15) is 11.6 Å². The van der Waals surface area contributed by atoms with Crippen LogP contribution in [0.1, 0.15) is 74.9 Å². The fraction of sp³-hybridized carbons (Fsp3) is 0.188. The average molecular weight is 691 g/mol. The lowest BCUT2D eigenvalue weighted by atomic mass is 9.64. The summed E-state index contributed by atoms with van der Waals surface area (Å²) in [5.74, 6) is 2.09. The maximum absolute atomic E-state index is 6.70. The highest BCUT2D eigenvalue weighted by atomic mass is 16.5. The summed E-state index contributed by atoms with van der Waals surface area (Å²) in [4.78, 5) is 14.8. The number of ether oxygens (including phenoxy) is 1. The summed E-state index contributed by atoms with van der Waals surface area (Å²) < 4.78 is 8.92. The van der Waals surface area contributed by atoms with Gasteiger partial charge in [0.2, 0.25) is 5.88 Å². The van der Waals surface area contributed by atoms with Crippen molar-refractivity contribution >= 4 is 21.8 Å². The zero-order valence-electron chi connectivity index (χ0n) is 31.1. The van der Waals surface area contributed by atoms with E-state index in [4.69, 9.17) is 19.7 Å². The Morgan fingerprint density at radius 1 is 0.585 bits per heavy atom. The first-order valence-corrected chi connectivity index (χ1v) is 18.3. The molecule has 4 aromatic carbocycles. The number of pyridine rings is 3. The Bertz CT molecular complexity index is 2620. The van der Waals surface area contributed by atoms with E-state index >= 15 is 0 Å². The zero-order chi connectivity index (χ0) is 36.5. The van der Waals surface area contributed by atoms with Crippen molar-refractivity contribution in [2.45, 2.75) is 57.8 Å². The summed E-state index contributed by atoms with van der Waals surface area (Å²) in [5.41, 5.74) is 10.8. The molecule has 53 heavy (non-hydrogen) atoms. The predicted octanol–water partition coefficient (Wildman–Crippen LogP) is 11.7. The lowest BCUT2D eigenvalue weighted by Crippen LogP contribution is -2.32. The van der Waals surface area contributed by atoms with E-state index in [1.807, 2.05) is 24.7 Å². The molecule has 0 fully saturated rings. The topological polar surface area (TPSA) is 52.8 Å². The summed E-state index contributed by atoms with van der Waals surface area (Å²) in [5, 5.41) is 2.17. The molecule has 0 aliphatic heterocycles. The van der Waals surface area contributed by atoms with Gasteiger partial charge in [0.25, 0.3) is 0 Å². The molecule has 1 aliphatic carbocycles. The number of rotatable bonds is 5. The summed E-state index contributed by atoms with van der Waals surface area (Å²) in [6.07, 6.45) is 5.79. The zero-order valence-corrected chi connectivity index (χ0v) is 31.1. The number of fused-ring (bicyclic) bond motifs is 6. The van der Waals surface area contributed by atoms with Crippen molar-refractivity contribution in [3.8, 4) is 28.7 Å². The highest BCUT2D eigenvalue weighted by Gasteiger charge is 2.49. The van der Waals surface area contributed by atoms with E-state index < -0.39 is 5.41 Å². The van der Waals surface area contributed by atoms with Crippen LogP contribution in [0.15, 0.2) is 146 Å². The number of hydrogen-bond donors (Lipinski definition) is 0. The van der Waals surface area contributed by atoms with E-state index in [2.05, 4.69) is 167 Å². The molecule has 5 nitrogen and oxygen atoms in total. The summed E-state index contributed by atoms with van der Waals surface area (Å²) >= 11 is 0. The Morgan fingerprint density at radius 3 is 1.96 bits per heavy atom. The molecule has 260 valence electrons. The van der Waals surface area contributed by atoms with Crippen molar-refractivity contribution in [1.29, 1.82) is 0 Å². The minimum absolute atomic E-state index is 0.0143. The van der Waals surface area contributed by atoms with Crippen molar-refractivity contribution in [3.63, 3.8) is 0 Å². The van der Waals surface area contributed by atoms with Crippen LogP contribution in [0.4, 0.5) is 0 Å². The number of para-hydroxylation sites is 1. The standard InChI is InChI=1S/C48H42N4O/c1-46(2,3)33-23-25-49-42(27-33)52-40-20-14-13-19-35(40)37-30-51-43(29-41(37)52)53-34-21-22-38-36(28-34)45-44(39(24-26-50-45)47(4,5)6)48(38,31-15-9-7-10-16-31)32-17-11-8-12-18-32/h7-30H,1-6H3. The number of aromatic nitrogens is 4. The molecule has 0 N–H and O–H groups in total. The van der Waals surface area contributed by atoms with Gasteiger partial charge in [-0.1, -0.05) is 126 Å². The van der Waals surface area contributed by atoms with Crippen LogP contribution in [-0.2, 0) is 16.2 Å². The van der Waals surface area contributed by atoms with Crippen molar-refractivity contribution in [3.05, 3.63) is 179 Å². The van der Waals surface area contributed by atoms with Crippen LogP contribution in [0.2, 0.25) is 0 Å². The lowest BCUT2D eigenvalue weighted by Gasteiger charge is -2.37. The molecular formula is C48H42N4O. The second-order valence-electron chi connectivity index (χ2n) is 16.2. The molecular weight excluding hydrogens is 649 g/mol. The lowest BCUT2D eigenvalue weighted by molar-refractivity contribution is 0.464. The highest BCUT2D eigenvalue weighted by Crippen LogP contribution is 2.58. The molecule has 0 atom stereocenters. The third-order valence-corrected chi connectivity index (χ3v) is 10.8. The fourth-order valence-electron chi connectivity index (χ4n) is 8.33. The van der Waals surface area contributed by atoms with Crippen LogP contribution in [0.5, 0.6) is 11.6 Å². The first-order valence-electron chi connectivity index (χ1n) is 18.3. The molecule has 8 aromatic rings. The maximum atomic E-state index is 6.70. The van der Waals surface area contributed by atoms with Gasteiger partial charge in [-0.25, -0.2) is 9.97 Å². The Balaban J connectivity index is 1.23. The average Bonchev–Trinajstić information content (AvgIpc) is 3.65. The van der Waals surface area contributed by atoms with Crippen molar-refractivity contribution in [2.24, 2.45) is 0 Å². The first-order chi connectivity index (χ1) is 25.5. The van der Waals surface area contributed by atoms with Gasteiger partial charge in [0, 0.05) is 46.6 Å². The van der Waals surface area contributed by atoms with Crippen LogP contribution in [-0.4, -0.2) is 19.5 Å². The van der Waals surface area contributed by atoms with E-state index in [9.17, 15) is 0 Å². The van der Waals surface area contributed by atoms with Gasteiger partial charge < -0.3 is 4.74 Å². The largest absolute Gasteiger partial charge is 0.439 e. The Morgan fingerprint density at radius 2 is 1.26 bits per heavy atom. The molecule has 0 radical (unpaired) electrons. The van der Waals surface area contributed by atoms with Crippen molar-refractivity contribution in [1.82, 2.24) is 19.5 Å². The molecule has 0 unspecified atom stereocenters. The van der Waals surface area contributed by atoms with E-state index in [0.717, 1.165) is 38.9 Å². The molecule has 4 aromatic heterocycles. The fourth-order valence-corrected chi connectivity index (χ4v) is 8.33. The second kappa shape index (κ2) is 12.0. The second-order valence-corrected chi connectivity index (χ2v) is 16.2. The van der Waals surface area contributed by atoms with Gasteiger partial charge in [-0.2, -0.15) is 0 Å². The molecule has 5 heteroatoms. The number of hydrogen-bond acceptors (Lipinski definition) is 4. The summed E-state index contributed by atoms with van der Waals surface area (Å²) in [6, 6.07) is 45.1. The van der Waals surface area contributed by atoms with Gasteiger partial charge in [0.15, 0.2) is 0 Å². The summed E-state index contributed by atoms with van der Waals surface area (Å²) in [7, 11) is 0. The quantitative estimate of drug-likeness (QED) is 0.180. The van der Waals surface area contributed by atoms with Crippen LogP contribution in [0.25, 0.3) is 38.9 Å². The number of nitrogens with zero attached hydrogens (tertiary/aromatic N) is 4. The third kappa shape index (κ3) is 5.17. The van der Waals surface area contributed by atoms with Gasteiger partial charge in [0.05, 0.1) is 22.1 Å². The van der Waals surface area contributed by atoms with E-state index in [1.165, 1.54) is 33.4 Å². The van der Waals surface area contributed by atoms with Gasteiger partial charge >= 0.3 is 0 Å². The smallest absolute Gasteiger partial charge is 0.221 e. The Labute approximate surface area is 311 Å².